The van der Waals surface area contributed by atoms with Gasteiger partial charge in [-0.15, -0.1) is 0 Å². The summed E-state index contributed by atoms with van der Waals surface area (Å²) in [6, 6.07) is 0. The van der Waals surface area contributed by atoms with Gasteiger partial charge in [0.05, 0.1) is 0 Å². The first-order valence-electron chi connectivity index (χ1n) is 3.83. The Bertz CT molecular complexity index is 177. The van der Waals surface area contributed by atoms with E-state index in [0.29, 0.717) is 18.1 Å². The summed E-state index contributed by atoms with van der Waals surface area (Å²) in [5, 5.41) is 0.157. The Kier molecular flexibility index (Phi) is 3.12. The normalized spacial score (nSPS) is 24.1. The van der Waals surface area contributed by atoms with Crippen LogP contribution in [0.1, 0.15) is 26.2 Å². The Balaban J connectivity index is 2.18. The standard InChI is InChI=1S/C8H12O2S/c1-6(9)11-5-7-2-3-8(10)4-7/h7H,2-5H2,1H3. The van der Waals surface area contributed by atoms with Crippen molar-refractivity contribution in [2.75, 3.05) is 5.75 Å². The highest BCUT2D eigenvalue weighted by Crippen LogP contribution is 2.25. The molecule has 1 atom stereocenters. The Labute approximate surface area is 70.7 Å². The molecule has 1 fully saturated rings. The molecule has 0 N–H and O–H groups in total. The zero-order chi connectivity index (χ0) is 8.27. The first-order valence-corrected chi connectivity index (χ1v) is 4.82. The highest BCUT2D eigenvalue weighted by Gasteiger charge is 2.21. The molecule has 62 valence electrons. The third-order valence-electron chi connectivity index (χ3n) is 1.87. The lowest BCUT2D eigenvalue weighted by atomic mass is 10.1. The number of carbonyl (C=O) groups excluding carboxylic acids is 2. The maximum absolute atomic E-state index is 10.8. The maximum atomic E-state index is 10.8. The molecule has 0 aromatic heterocycles. The van der Waals surface area contributed by atoms with Gasteiger partial charge in [-0.3, -0.25) is 9.59 Å². The topological polar surface area (TPSA) is 34.1 Å². The summed E-state index contributed by atoms with van der Waals surface area (Å²) in [6.07, 6.45) is 2.41. The van der Waals surface area contributed by atoms with Crippen molar-refractivity contribution in [3.05, 3.63) is 0 Å². The molecule has 0 radical (unpaired) electrons. The minimum Gasteiger partial charge on any atom is -0.300 e. The first kappa shape index (κ1) is 8.78. The van der Waals surface area contributed by atoms with Crippen molar-refractivity contribution >= 4 is 22.7 Å². The van der Waals surface area contributed by atoms with Gasteiger partial charge >= 0.3 is 0 Å². The molecule has 0 aromatic carbocycles. The lowest BCUT2D eigenvalue weighted by Crippen LogP contribution is -2.00. The van der Waals surface area contributed by atoms with Gasteiger partial charge in [-0.05, 0) is 12.3 Å². The van der Waals surface area contributed by atoms with E-state index in [1.165, 1.54) is 11.8 Å². The van der Waals surface area contributed by atoms with E-state index in [2.05, 4.69) is 0 Å². The predicted molar refractivity (Wildman–Crippen MR) is 45.5 cm³/mol. The first-order chi connectivity index (χ1) is 5.18. The highest BCUT2D eigenvalue weighted by molar-refractivity contribution is 8.13. The lowest BCUT2D eigenvalue weighted by molar-refractivity contribution is -0.117. The van der Waals surface area contributed by atoms with Gasteiger partial charge in [0.15, 0.2) is 5.12 Å². The number of thioether (sulfide) groups is 1. The number of ketones is 1. The summed E-state index contributed by atoms with van der Waals surface area (Å²) >= 11 is 1.34. The molecule has 1 saturated carbocycles. The third-order valence-corrected chi connectivity index (χ3v) is 2.91. The maximum Gasteiger partial charge on any atom is 0.185 e. The van der Waals surface area contributed by atoms with E-state index in [4.69, 9.17) is 0 Å². The number of carbonyl (C=O) groups is 2. The van der Waals surface area contributed by atoms with Crippen LogP contribution in [-0.2, 0) is 9.59 Å². The fraction of sp³-hybridized carbons (Fsp3) is 0.750. The van der Waals surface area contributed by atoms with E-state index in [1.54, 1.807) is 6.92 Å². The van der Waals surface area contributed by atoms with Crippen LogP contribution < -0.4 is 0 Å². The Hall–Kier alpha value is -0.310. The zero-order valence-corrected chi connectivity index (χ0v) is 7.45. The van der Waals surface area contributed by atoms with E-state index in [-0.39, 0.29) is 5.12 Å². The molecule has 0 spiro atoms. The van der Waals surface area contributed by atoms with Crippen LogP contribution >= 0.6 is 11.8 Å². The Morgan fingerprint density at radius 1 is 1.73 bits per heavy atom. The summed E-state index contributed by atoms with van der Waals surface area (Å²) in [5.41, 5.74) is 0. The van der Waals surface area contributed by atoms with Crippen molar-refractivity contribution in [1.29, 1.82) is 0 Å². The zero-order valence-electron chi connectivity index (χ0n) is 6.63. The molecule has 0 bridgehead atoms. The second-order valence-electron chi connectivity index (χ2n) is 2.95. The SMILES string of the molecule is CC(=O)SCC1CCC(=O)C1. The van der Waals surface area contributed by atoms with Gasteiger partial charge in [0.2, 0.25) is 0 Å². The van der Waals surface area contributed by atoms with Crippen molar-refractivity contribution < 1.29 is 9.59 Å². The summed E-state index contributed by atoms with van der Waals surface area (Å²) in [6.45, 7) is 1.57. The van der Waals surface area contributed by atoms with E-state index >= 15 is 0 Å². The second kappa shape index (κ2) is 3.90. The van der Waals surface area contributed by atoms with E-state index in [9.17, 15) is 9.59 Å². The van der Waals surface area contributed by atoms with Crippen molar-refractivity contribution in [1.82, 2.24) is 0 Å². The predicted octanol–water partition coefficient (Wildman–Crippen LogP) is 1.64. The molecular formula is C8H12O2S. The molecule has 1 aliphatic carbocycles. The molecule has 1 rings (SSSR count). The molecule has 0 aliphatic heterocycles. The molecule has 1 aliphatic rings. The molecule has 2 nitrogen and oxygen atoms in total. The van der Waals surface area contributed by atoms with Crippen LogP contribution in [0.5, 0.6) is 0 Å². The molecule has 0 amide bonds. The third kappa shape index (κ3) is 3.06. The van der Waals surface area contributed by atoms with Crippen molar-refractivity contribution in [2.45, 2.75) is 26.2 Å². The van der Waals surface area contributed by atoms with Crippen molar-refractivity contribution in [3.63, 3.8) is 0 Å². The molecule has 3 heteroatoms. The van der Waals surface area contributed by atoms with Crippen LogP contribution in [0.2, 0.25) is 0 Å². The Morgan fingerprint density at radius 2 is 2.45 bits per heavy atom. The lowest BCUT2D eigenvalue weighted by Gasteiger charge is -2.03. The smallest absolute Gasteiger partial charge is 0.185 e. The van der Waals surface area contributed by atoms with Crippen LogP contribution in [0.3, 0.4) is 0 Å². The largest absolute Gasteiger partial charge is 0.300 e. The van der Waals surface area contributed by atoms with Gasteiger partial charge in [0.25, 0.3) is 0 Å². The van der Waals surface area contributed by atoms with Gasteiger partial charge in [-0.1, -0.05) is 11.8 Å². The second-order valence-corrected chi connectivity index (χ2v) is 4.15. The highest BCUT2D eigenvalue weighted by atomic mass is 32.2. The fourth-order valence-electron chi connectivity index (χ4n) is 1.27. The summed E-state index contributed by atoms with van der Waals surface area (Å²) < 4.78 is 0. The van der Waals surface area contributed by atoms with Gasteiger partial charge < -0.3 is 0 Å². The van der Waals surface area contributed by atoms with E-state index < -0.39 is 0 Å². The quantitative estimate of drug-likeness (QED) is 0.635. The van der Waals surface area contributed by atoms with E-state index in [0.717, 1.165) is 18.6 Å². The number of Topliss-reactive ketones (excluding diaryl/α,β-unsaturated/α-hetero) is 1. The Morgan fingerprint density at radius 3 is 2.91 bits per heavy atom. The molecule has 0 aromatic rings. The monoisotopic (exact) mass is 172 g/mol. The molecule has 0 saturated heterocycles. The summed E-state index contributed by atoms with van der Waals surface area (Å²) in [4.78, 5) is 21.4. The van der Waals surface area contributed by atoms with Gasteiger partial charge in [-0.25, -0.2) is 0 Å². The summed E-state index contributed by atoms with van der Waals surface area (Å²) in [7, 11) is 0. The van der Waals surface area contributed by atoms with Crippen molar-refractivity contribution in [2.24, 2.45) is 5.92 Å². The van der Waals surface area contributed by atoms with Crippen LogP contribution in [0, 0.1) is 5.92 Å². The van der Waals surface area contributed by atoms with Gasteiger partial charge in [-0.2, -0.15) is 0 Å². The number of rotatable bonds is 2. The molecule has 1 unspecified atom stereocenters. The fourth-order valence-corrected chi connectivity index (χ4v) is 2.02. The number of hydrogen-bond acceptors (Lipinski definition) is 3. The average Bonchev–Trinajstić information content (AvgIpc) is 2.31. The van der Waals surface area contributed by atoms with Gasteiger partial charge in [0, 0.05) is 25.5 Å². The van der Waals surface area contributed by atoms with Crippen LogP contribution in [-0.4, -0.2) is 16.7 Å². The van der Waals surface area contributed by atoms with Crippen molar-refractivity contribution in [3.8, 4) is 0 Å². The average molecular weight is 172 g/mol. The van der Waals surface area contributed by atoms with E-state index in [1.807, 2.05) is 0 Å². The van der Waals surface area contributed by atoms with Crippen LogP contribution in [0.15, 0.2) is 0 Å². The molecule has 0 heterocycles. The summed E-state index contributed by atoms with van der Waals surface area (Å²) in [5.74, 6) is 1.66. The minimum absolute atomic E-state index is 0.157. The van der Waals surface area contributed by atoms with Gasteiger partial charge in [0.1, 0.15) is 5.78 Å². The minimum atomic E-state index is 0.157. The van der Waals surface area contributed by atoms with Crippen LogP contribution in [0.25, 0.3) is 0 Å². The molecule has 11 heavy (non-hydrogen) atoms. The molecular weight excluding hydrogens is 160 g/mol. The number of hydrogen-bond donors (Lipinski definition) is 0. The van der Waals surface area contributed by atoms with Crippen LogP contribution in [0.4, 0.5) is 0 Å².